The number of hydrogen-bond acceptors (Lipinski definition) is 2. The van der Waals surface area contributed by atoms with Gasteiger partial charge in [0, 0.05) is 12.4 Å². The molecule has 0 saturated carbocycles. The summed E-state index contributed by atoms with van der Waals surface area (Å²) in [6, 6.07) is 3.98. The second-order valence-corrected chi connectivity index (χ2v) is 3.49. The van der Waals surface area contributed by atoms with Crippen LogP contribution in [-0.2, 0) is 0 Å². The van der Waals surface area contributed by atoms with Crippen LogP contribution in [-0.4, -0.2) is 4.68 Å². The van der Waals surface area contributed by atoms with Gasteiger partial charge in [-0.25, -0.2) is 4.99 Å². The van der Waals surface area contributed by atoms with Crippen molar-refractivity contribution in [3.05, 3.63) is 41.7 Å². The van der Waals surface area contributed by atoms with Gasteiger partial charge in [0.25, 0.3) is 0 Å². The lowest BCUT2D eigenvalue weighted by Crippen LogP contribution is -2.27. The number of nitrogens with zero attached hydrogens (tertiary/aromatic N) is 2. The van der Waals surface area contributed by atoms with Gasteiger partial charge in [-0.2, -0.15) is 0 Å². The van der Waals surface area contributed by atoms with Crippen molar-refractivity contribution in [1.82, 2.24) is 4.68 Å². The van der Waals surface area contributed by atoms with Gasteiger partial charge in [0.1, 0.15) is 0 Å². The third-order valence-electron chi connectivity index (χ3n) is 2.00. The lowest BCUT2D eigenvalue weighted by atomic mass is 10.1. The number of nitrogen functional groups attached to an aromatic ring is 1. The van der Waals surface area contributed by atoms with Crippen molar-refractivity contribution in [2.45, 2.75) is 26.7 Å². The number of hydrogen-bond donors (Lipinski definition) is 1. The summed E-state index contributed by atoms with van der Waals surface area (Å²) in [4.78, 5) is 4.18. The van der Waals surface area contributed by atoms with Crippen LogP contribution in [0.1, 0.15) is 32.3 Å². The van der Waals surface area contributed by atoms with Crippen molar-refractivity contribution in [2.24, 2.45) is 4.99 Å². The van der Waals surface area contributed by atoms with Gasteiger partial charge in [-0.05, 0) is 24.5 Å². The Morgan fingerprint density at radius 3 is 2.64 bits per heavy atom. The first kappa shape index (κ1) is 10.6. The highest BCUT2D eigenvalue weighted by Gasteiger charge is 1.98. The monoisotopic (exact) mass is 191 g/mol. The molecule has 0 spiro atoms. The fraction of sp³-hybridized carbons (Fsp3) is 0.364. The Morgan fingerprint density at radius 2 is 2.14 bits per heavy atom. The first-order chi connectivity index (χ1) is 6.65. The van der Waals surface area contributed by atoms with E-state index in [4.69, 9.17) is 5.84 Å². The van der Waals surface area contributed by atoms with Gasteiger partial charge in [0.05, 0.1) is 0 Å². The van der Waals surface area contributed by atoms with Gasteiger partial charge in [-0.3, -0.25) is 4.68 Å². The number of allylic oxidation sites excluding steroid dienone is 1. The minimum absolute atomic E-state index is 0.487. The Kier molecular flexibility index (Phi) is 3.51. The molecule has 76 valence electrons. The molecule has 0 radical (unpaired) electrons. The highest BCUT2D eigenvalue weighted by atomic mass is 15.3. The fourth-order valence-electron chi connectivity index (χ4n) is 1.13. The third kappa shape index (κ3) is 2.49. The van der Waals surface area contributed by atoms with Gasteiger partial charge in [-0.1, -0.05) is 26.0 Å². The Bertz CT molecular complexity index is 386. The maximum Gasteiger partial charge on any atom is 0.150 e. The van der Waals surface area contributed by atoms with E-state index in [1.54, 1.807) is 10.9 Å². The molecule has 0 aromatic carbocycles. The quantitative estimate of drug-likeness (QED) is 0.711. The maximum atomic E-state index is 5.79. The number of aromatic nitrogens is 1. The summed E-state index contributed by atoms with van der Waals surface area (Å²) < 4.78 is 1.55. The summed E-state index contributed by atoms with van der Waals surface area (Å²) in [5, 5.41) is 0. The van der Waals surface area contributed by atoms with Gasteiger partial charge in [0.2, 0.25) is 0 Å². The van der Waals surface area contributed by atoms with E-state index in [1.165, 1.54) is 5.56 Å². The molecule has 14 heavy (non-hydrogen) atoms. The van der Waals surface area contributed by atoms with Crippen molar-refractivity contribution >= 4 is 0 Å². The van der Waals surface area contributed by atoms with Crippen LogP contribution < -0.4 is 11.3 Å². The summed E-state index contributed by atoms with van der Waals surface area (Å²) >= 11 is 0. The van der Waals surface area contributed by atoms with E-state index < -0.39 is 0 Å². The molecule has 0 aliphatic rings. The Labute approximate surface area is 84.6 Å². The fourth-order valence-corrected chi connectivity index (χ4v) is 1.13. The summed E-state index contributed by atoms with van der Waals surface area (Å²) in [6.45, 7) is 6.20. The highest BCUT2D eigenvalue weighted by molar-refractivity contribution is 5.13. The zero-order valence-corrected chi connectivity index (χ0v) is 8.94. The average molecular weight is 191 g/mol. The molecule has 1 aromatic heterocycles. The zero-order valence-electron chi connectivity index (χ0n) is 8.94. The van der Waals surface area contributed by atoms with E-state index in [9.17, 15) is 0 Å². The maximum absolute atomic E-state index is 5.79. The van der Waals surface area contributed by atoms with Crippen molar-refractivity contribution in [1.29, 1.82) is 0 Å². The van der Waals surface area contributed by atoms with Crippen LogP contribution in [0.3, 0.4) is 0 Å². The van der Waals surface area contributed by atoms with E-state index in [1.807, 2.05) is 25.3 Å². The molecule has 0 saturated heterocycles. The van der Waals surface area contributed by atoms with E-state index in [2.05, 4.69) is 24.9 Å². The molecule has 3 heteroatoms. The lowest BCUT2D eigenvalue weighted by Gasteiger charge is -2.07. The predicted octanol–water partition coefficient (Wildman–Crippen LogP) is 1.76. The van der Waals surface area contributed by atoms with Gasteiger partial charge >= 0.3 is 0 Å². The first-order valence-electron chi connectivity index (χ1n) is 4.78. The molecule has 3 nitrogen and oxygen atoms in total. The SMILES string of the molecule is C/C=C\N=c1ccc(C(C)C)cn1N. The molecular weight excluding hydrogens is 174 g/mol. The van der Waals surface area contributed by atoms with Crippen LogP contribution in [0.2, 0.25) is 0 Å². The van der Waals surface area contributed by atoms with Crippen LogP contribution in [0.4, 0.5) is 0 Å². The van der Waals surface area contributed by atoms with Crippen molar-refractivity contribution < 1.29 is 0 Å². The Balaban J connectivity index is 3.14. The predicted molar refractivity (Wildman–Crippen MR) is 59.0 cm³/mol. The van der Waals surface area contributed by atoms with Crippen LogP contribution in [0.5, 0.6) is 0 Å². The van der Waals surface area contributed by atoms with E-state index >= 15 is 0 Å². The lowest BCUT2D eigenvalue weighted by molar-refractivity contribution is 0.812. The summed E-state index contributed by atoms with van der Waals surface area (Å²) in [5.41, 5.74) is 1.97. The second-order valence-electron chi connectivity index (χ2n) is 3.49. The first-order valence-corrected chi connectivity index (χ1v) is 4.78. The van der Waals surface area contributed by atoms with Crippen LogP contribution >= 0.6 is 0 Å². The molecule has 0 unspecified atom stereocenters. The molecule has 0 aliphatic heterocycles. The van der Waals surface area contributed by atoms with Crippen molar-refractivity contribution in [2.75, 3.05) is 5.84 Å². The van der Waals surface area contributed by atoms with Crippen molar-refractivity contribution in [3.8, 4) is 0 Å². The smallest absolute Gasteiger partial charge is 0.150 e. The van der Waals surface area contributed by atoms with Gasteiger partial charge in [-0.15, -0.1) is 0 Å². The molecule has 0 aliphatic carbocycles. The Morgan fingerprint density at radius 1 is 1.43 bits per heavy atom. The Hall–Kier alpha value is -1.51. The number of rotatable bonds is 2. The van der Waals surface area contributed by atoms with Gasteiger partial charge in [0.15, 0.2) is 5.49 Å². The topological polar surface area (TPSA) is 43.3 Å². The summed E-state index contributed by atoms with van der Waals surface area (Å²) in [7, 11) is 0. The molecule has 1 aromatic rings. The zero-order chi connectivity index (χ0) is 10.6. The van der Waals surface area contributed by atoms with Crippen LogP contribution in [0.25, 0.3) is 0 Å². The highest BCUT2D eigenvalue weighted by Crippen LogP contribution is 2.10. The third-order valence-corrected chi connectivity index (χ3v) is 2.00. The van der Waals surface area contributed by atoms with E-state index in [0.29, 0.717) is 5.92 Å². The minimum Gasteiger partial charge on any atom is -0.338 e. The molecule has 2 N–H and O–H groups in total. The average Bonchev–Trinajstić information content (AvgIpc) is 2.15. The van der Waals surface area contributed by atoms with Crippen LogP contribution in [0.15, 0.2) is 35.6 Å². The molecule has 1 heterocycles. The standard InChI is InChI=1S/C11H17N3/c1-4-7-13-11-6-5-10(9(2)3)8-14(11)12/h4-9H,12H2,1-3H3/b7-4-,13-11?. The summed E-state index contributed by atoms with van der Waals surface area (Å²) in [5.74, 6) is 6.28. The molecule has 0 amide bonds. The molecule has 0 bridgehead atoms. The second kappa shape index (κ2) is 4.65. The normalized spacial score (nSPS) is 13.0. The minimum atomic E-state index is 0.487. The van der Waals surface area contributed by atoms with E-state index in [-0.39, 0.29) is 0 Å². The van der Waals surface area contributed by atoms with Crippen molar-refractivity contribution in [3.63, 3.8) is 0 Å². The number of nitrogens with two attached hydrogens (primary N) is 1. The molecule has 1 rings (SSSR count). The number of pyridine rings is 1. The van der Waals surface area contributed by atoms with E-state index in [0.717, 1.165) is 5.49 Å². The molecular formula is C11H17N3. The molecule has 0 fully saturated rings. The van der Waals surface area contributed by atoms with Gasteiger partial charge < -0.3 is 5.84 Å². The molecule has 0 atom stereocenters. The largest absolute Gasteiger partial charge is 0.338 e. The summed E-state index contributed by atoms with van der Waals surface area (Å²) in [6.07, 6.45) is 5.51. The van der Waals surface area contributed by atoms with Crippen LogP contribution in [0, 0.1) is 0 Å².